The van der Waals surface area contributed by atoms with Crippen molar-refractivity contribution in [1.29, 1.82) is 0 Å². The van der Waals surface area contributed by atoms with E-state index in [1.807, 2.05) is 0 Å². The summed E-state index contributed by atoms with van der Waals surface area (Å²) in [6, 6.07) is 21.2. The molecule has 3 rings (SSSR count). The number of benzene rings is 2. The summed E-state index contributed by atoms with van der Waals surface area (Å²) in [6.45, 7) is 0. The zero-order valence-corrected chi connectivity index (χ0v) is 12.0. The molecule has 0 aromatic heterocycles. The second-order valence-corrected chi connectivity index (χ2v) is 6.49. The van der Waals surface area contributed by atoms with Crippen LogP contribution in [0.2, 0.25) is 0 Å². The van der Waals surface area contributed by atoms with Crippen molar-refractivity contribution in [2.45, 2.75) is 0 Å². The third-order valence-electron chi connectivity index (χ3n) is 3.12. The molecule has 0 amide bonds. The molecule has 0 spiro atoms. The minimum atomic E-state index is -0.596. The average Bonchev–Trinajstić information content (AvgIpc) is 3.03. The largest absolute Gasteiger partial charge is 0.0862 e. The normalized spacial score (nSPS) is 13.4. The fourth-order valence-electron chi connectivity index (χ4n) is 2.10. The lowest BCUT2D eigenvalue weighted by molar-refractivity contribution is 1.15. The van der Waals surface area contributed by atoms with E-state index in [0.29, 0.717) is 0 Å². The van der Waals surface area contributed by atoms with E-state index < -0.39 is 7.92 Å². The maximum Gasteiger partial charge on any atom is 0.0573 e. The van der Waals surface area contributed by atoms with Gasteiger partial charge in [-0.2, -0.15) is 0 Å². The Morgan fingerprint density at radius 3 is 1.70 bits per heavy atom. The quantitative estimate of drug-likeness (QED) is 0.577. The molecule has 1 aliphatic rings. The van der Waals surface area contributed by atoms with Gasteiger partial charge in [-0.25, -0.2) is 0 Å². The van der Waals surface area contributed by atoms with Crippen LogP contribution in [0, 0.1) is 17.5 Å². The maximum atomic E-state index is 3.51. The van der Waals surface area contributed by atoms with Crippen molar-refractivity contribution < 1.29 is 0 Å². The molecule has 1 aliphatic carbocycles. The van der Waals surface area contributed by atoms with Crippen LogP contribution in [0.1, 0.15) is 0 Å². The van der Waals surface area contributed by atoms with Crippen molar-refractivity contribution in [2.75, 3.05) is 0 Å². The van der Waals surface area contributed by atoms with E-state index in [0.717, 1.165) is 0 Å². The summed E-state index contributed by atoms with van der Waals surface area (Å²) in [5.41, 5.74) is 3.51. The van der Waals surface area contributed by atoms with Crippen LogP contribution in [0.4, 0.5) is 0 Å². The standard InChI is InChI=1S/C19H15P/c1-3-11-18(12-4-1)20(19-13-5-2-6-14-19)16-15-17-9-7-8-10-17/h1-14,17H. The van der Waals surface area contributed by atoms with Crippen LogP contribution in [0.25, 0.3) is 0 Å². The number of allylic oxidation sites excluding steroid dienone is 4. The zero-order chi connectivity index (χ0) is 13.6. The topological polar surface area (TPSA) is 0 Å². The van der Waals surface area contributed by atoms with Crippen molar-refractivity contribution in [2.24, 2.45) is 5.92 Å². The molecule has 2 aromatic rings. The Labute approximate surface area is 121 Å². The molecule has 0 saturated heterocycles. The fraction of sp³-hybridized carbons (Fsp3) is 0.0526. The Morgan fingerprint density at radius 2 is 1.20 bits per heavy atom. The molecule has 0 saturated carbocycles. The lowest BCUT2D eigenvalue weighted by Gasteiger charge is -2.11. The highest BCUT2D eigenvalue weighted by atomic mass is 31.1. The van der Waals surface area contributed by atoms with E-state index in [-0.39, 0.29) is 5.92 Å². The first-order valence-electron chi connectivity index (χ1n) is 6.70. The minimum Gasteiger partial charge on any atom is -0.0862 e. The molecular formula is C19H15P. The molecule has 0 N–H and O–H groups in total. The summed E-state index contributed by atoms with van der Waals surface area (Å²) in [5.74, 6) is 3.65. The lowest BCUT2D eigenvalue weighted by Crippen LogP contribution is -2.09. The predicted molar refractivity (Wildman–Crippen MR) is 88.6 cm³/mol. The fourth-order valence-corrected chi connectivity index (χ4v) is 3.87. The van der Waals surface area contributed by atoms with Crippen molar-refractivity contribution >= 4 is 18.5 Å². The van der Waals surface area contributed by atoms with Gasteiger partial charge in [-0.1, -0.05) is 96.5 Å². The Kier molecular flexibility index (Phi) is 4.12. The van der Waals surface area contributed by atoms with Gasteiger partial charge < -0.3 is 0 Å². The summed E-state index contributed by atoms with van der Waals surface area (Å²) >= 11 is 0. The van der Waals surface area contributed by atoms with Crippen LogP contribution in [0.3, 0.4) is 0 Å². The van der Waals surface area contributed by atoms with Crippen LogP contribution >= 0.6 is 7.92 Å². The highest BCUT2D eigenvalue weighted by Crippen LogP contribution is 2.32. The van der Waals surface area contributed by atoms with Crippen LogP contribution < -0.4 is 10.6 Å². The van der Waals surface area contributed by atoms with Gasteiger partial charge in [0, 0.05) is 7.92 Å². The second kappa shape index (κ2) is 6.38. The number of hydrogen-bond donors (Lipinski definition) is 0. The summed E-state index contributed by atoms with van der Waals surface area (Å²) < 4.78 is 0. The monoisotopic (exact) mass is 274 g/mol. The molecule has 0 atom stereocenters. The summed E-state index contributed by atoms with van der Waals surface area (Å²) in [6.07, 6.45) is 8.40. The minimum absolute atomic E-state index is 0.271. The first kappa shape index (κ1) is 12.9. The summed E-state index contributed by atoms with van der Waals surface area (Å²) in [4.78, 5) is 0. The van der Waals surface area contributed by atoms with Crippen LogP contribution in [-0.4, -0.2) is 0 Å². The van der Waals surface area contributed by atoms with Crippen molar-refractivity contribution in [3.8, 4) is 11.6 Å². The van der Waals surface area contributed by atoms with E-state index in [1.54, 1.807) is 0 Å². The molecule has 0 unspecified atom stereocenters. The molecule has 2 aromatic carbocycles. The van der Waals surface area contributed by atoms with E-state index >= 15 is 0 Å². The molecular weight excluding hydrogens is 259 g/mol. The van der Waals surface area contributed by atoms with Gasteiger partial charge in [0.15, 0.2) is 0 Å². The van der Waals surface area contributed by atoms with Gasteiger partial charge in [0.25, 0.3) is 0 Å². The van der Waals surface area contributed by atoms with Gasteiger partial charge in [-0.15, -0.1) is 0 Å². The Balaban J connectivity index is 1.96. The molecule has 0 fully saturated rings. The molecule has 96 valence electrons. The highest BCUT2D eigenvalue weighted by molar-refractivity contribution is 7.77. The molecule has 0 aliphatic heterocycles. The number of rotatable bonds is 2. The van der Waals surface area contributed by atoms with Gasteiger partial charge in [-0.05, 0) is 10.6 Å². The zero-order valence-electron chi connectivity index (χ0n) is 11.1. The van der Waals surface area contributed by atoms with E-state index in [1.165, 1.54) is 10.6 Å². The van der Waals surface area contributed by atoms with Crippen LogP contribution in [0.15, 0.2) is 85.0 Å². The van der Waals surface area contributed by atoms with Crippen molar-refractivity contribution in [3.63, 3.8) is 0 Å². The molecule has 0 heterocycles. The predicted octanol–water partition coefficient (Wildman–Crippen LogP) is 3.82. The Hall–Kier alpha value is -2.09. The van der Waals surface area contributed by atoms with E-state index in [4.69, 9.17) is 0 Å². The van der Waals surface area contributed by atoms with E-state index in [9.17, 15) is 0 Å². The first-order chi connectivity index (χ1) is 9.93. The van der Waals surface area contributed by atoms with Gasteiger partial charge in [-0.3, -0.25) is 0 Å². The third-order valence-corrected chi connectivity index (χ3v) is 5.10. The lowest BCUT2D eigenvalue weighted by atomic mass is 10.2. The Bertz CT molecular complexity index is 620. The van der Waals surface area contributed by atoms with Gasteiger partial charge in [0.2, 0.25) is 0 Å². The average molecular weight is 274 g/mol. The smallest absolute Gasteiger partial charge is 0.0573 e. The summed E-state index contributed by atoms with van der Waals surface area (Å²) in [7, 11) is -0.596. The molecule has 0 nitrogen and oxygen atoms in total. The SMILES string of the molecule is C(#CP(c1ccccc1)c1ccccc1)C1C=CC=C1. The van der Waals surface area contributed by atoms with Crippen molar-refractivity contribution in [1.82, 2.24) is 0 Å². The maximum absolute atomic E-state index is 3.51. The molecule has 0 radical (unpaired) electrons. The van der Waals surface area contributed by atoms with E-state index in [2.05, 4.69) is 96.5 Å². The third kappa shape index (κ3) is 3.08. The van der Waals surface area contributed by atoms with Gasteiger partial charge in [0.1, 0.15) is 0 Å². The first-order valence-corrected chi connectivity index (χ1v) is 8.04. The van der Waals surface area contributed by atoms with Gasteiger partial charge in [0.05, 0.1) is 5.92 Å². The molecule has 20 heavy (non-hydrogen) atoms. The number of hydrogen-bond acceptors (Lipinski definition) is 0. The Morgan fingerprint density at radius 1 is 0.700 bits per heavy atom. The second-order valence-electron chi connectivity index (χ2n) is 4.56. The van der Waals surface area contributed by atoms with Crippen molar-refractivity contribution in [3.05, 3.63) is 85.0 Å². The highest BCUT2D eigenvalue weighted by Gasteiger charge is 2.10. The molecule has 0 bridgehead atoms. The molecule has 1 heteroatoms. The summed E-state index contributed by atoms with van der Waals surface area (Å²) in [5, 5.41) is 2.62. The van der Waals surface area contributed by atoms with Crippen LogP contribution in [-0.2, 0) is 0 Å². The van der Waals surface area contributed by atoms with Crippen LogP contribution in [0.5, 0.6) is 0 Å². The van der Waals surface area contributed by atoms with Gasteiger partial charge >= 0.3 is 0 Å².